The fraction of sp³-hybridized carbons (Fsp3) is 0.500. The third-order valence-corrected chi connectivity index (χ3v) is 3.11. The van der Waals surface area contributed by atoms with E-state index < -0.39 is 11.9 Å². The highest BCUT2D eigenvalue weighted by molar-refractivity contribution is 5.52. The van der Waals surface area contributed by atoms with Crippen LogP contribution >= 0.6 is 0 Å². The third kappa shape index (κ3) is 2.73. The van der Waals surface area contributed by atoms with Crippen molar-refractivity contribution in [2.75, 3.05) is 11.9 Å². The molecule has 0 amide bonds. The number of nitrogens with zero attached hydrogens (tertiary/aromatic N) is 2. The molecule has 2 atom stereocenters. The largest absolute Gasteiger partial charge is 0.433 e. The van der Waals surface area contributed by atoms with Crippen LogP contribution < -0.4 is 5.32 Å². The van der Waals surface area contributed by atoms with Crippen LogP contribution in [0.4, 0.5) is 19.0 Å². The van der Waals surface area contributed by atoms with Crippen molar-refractivity contribution in [1.82, 2.24) is 4.98 Å². The van der Waals surface area contributed by atoms with Crippen LogP contribution in [0.1, 0.15) is 24.6 Å². The number of hydrogen-bond donors (Lipinski definition) is 1. The molecule has 0 spiro atoms. The van der Waals surface area contributed by atoms with Crippen LogP contribution in [0.15, 0.2) is 12.1 Å². The van der Waals surface area contributed by atoms with Crippen molar-refractivity contribution >= 4 is 5.82 Å². The summed E-state index contributed by atoms with van der Waals surface area (Å²) in [7, 11) is 0. The van der Waals surface area contributed by atoms with Gasteiger partial charge in [0.15, 0.2) is 0 Å². The lowest BCUT2D eigenvalue weighted by atomic mass is 10.2. The number of aromatic nitrogens is 1. The molecule has 0 saturated heterocycles. The van der Waals surface area contributed by atoms with Crippen molar-refractivity contribution in [3.8, 4) is 6.07 Å². The first kappa shape index (κ1) is 12.7. The molecule has 0 radical (unpaired) electrons. The average Bonchev–Trinajstić information content (AvgIpc) is 3.01. The van der Waals surface area contributed by atoms with Crippen LogP contribution in [-0.2, 0) is 6.18 Å². The highest BCUT2D eigenvalue weighted by Gasteiger charge is 2.34. The average molecular weight is 255 g/mol. The summed E-state index contributed by atoms with van der Waals surface area (Å²) in [6.07, 6.45) is -3.43. The van der Waals surface area contributed by atoms with Crippen molar-refractivity contribution in [1.29, 1.82) is 5.26 Å². The Labute approximate surface area is 103 Å². The van der Waals surface area contributed by atoms with Gasteiger partial charge in [-0.2, -0.15) is 18.4 Å². The second kappa shape index (κ2) is 4.48. The molecule has 96 valence electrons. The summed E-state index contributed by atoms with van der Waals surface area (Å²) in [5, 5.41) is 11.7. The van der Waals surface area contributed by atoms with Crippen molar-refractivity contribution in [3.63, 3.8) is 0 Å². The Bertz CT molecular complexity index is 490. The van der Waals surface area contributed by atoms with E-state index in [-0.39, 0.29) is 11.4 Å². The third-order valence-electron chi connectivity index (χ3n) is 3.11. The standard InChI is InChI=1S/C12H12F3N3/c1-7-4-9(7)6-17-11-8(5-16)2-3-10(18-11)12(13,14)15/h2-3,7,9H,4,6H2,1H3,(H,17,18). The number of rotatable bonds is 3. The van der Waals surface area contributed by atoms with E-state index in [4.69, 9.17) is 5.26 Å². The number of alkyl halides is 3. The first-order valence-electron chi connectivity index (χ1n) is 5.64. The van der Waals surface area contributed by atoms with E-state index in [1.807, 2.05) is 6.07 Å². The zero-order chi connectivity index (χ0) is 13.3. The van der Waals surface area contributed by atoms with Crippen LogP contribution in [0.2, 0.25) is 0 Å². The van der Waals surface area contributed by atoms with Crippen molar-refractivity contribution < 1.29 is 13.2 Å². The smallest absolute Gasteiger partial charge is 0.369 e. The highest BCUT2D eigenvalue weighted by Crippen LogP contribution is 2.37. The predicted molar refractivity (Wildman–Crippen MR) is 59.7 cm³/mol. The van der Waals surface area contributed by atoms with Gasteiger partial charge in [0, 0.05) is 6.54 Å². The molecule has 18 heavy (non-hydrogen) atoms. The van der Waals surface area contributed by atoms with Gasteiger partial charge in [0.05, 0.1) is 5.56 Å². The van der Waals surface area contributed by atoms with Crippen LogP contribution in [0, 0.1) is 23.2 Å². The van der Waals surface area contributed by atoms with Crippen LogP contribution in [0.5, 0.6) is 0 Å². The summed E-state index contributed by atoms with van der Waals surface area (Å²) in [5.41, 5.74) is -0.843. The normalized spacial score (nSPS) is 22.4. The topological polar surface area (TPSA) is 48.7 Å². The van der Waals surface area contributed by atoms with Gasteiger partial charge in [-0.15, -0.1) is 0 Å². The summed E-state index contributed by atoms with van der Waals surface area (Å²) in [6.45, 7) is 2.64. The van der Waals surface area contributed by atoms with Crippen LogP contribution in [0.3, 0.4) is 0 Å². The minimum Gasteiger partial charge on any atom is -0.369 e. The van der Waals surface area contributed by atoms with E-state index in [0.29, 0.717) is 18.4 Å². The molecule has 1 aromatic heterocycles. The molecule has 3 nitrogen and oxygen atoms in total. The molecule has 6 heteroatoms. The predicted octanol–water partition coefficient (Wildman–Crippen LogP) is 3.04. The minimum absolute atomic E-state index is 0.0198. The molecule has 2 unspecified atom stereocenters. The number of hydrogen-bond acceptors (Lipinski definition) is 3. The van der Waals surface area contributed by atoms with E-state index in [1.165, 1.54) is 0 Å². The highest BCUT2D eigenvalue weighted by atomic mass is 19.4. The zero-order valence-corrected chi connectivity index (χ0v) is 9.75. The first-order chi connectivity index (χ1) is 8.41. The van der Waals surface area contributed by atoms with Gasteiger partial charge in [0.2, 0.25) is 0 Å². The van der Waals surface area contributed by atoms with Crippen LogP contribution in [0.25, 0.3) is 0 Å². The number of nitriles is 1. The number of nitrogens with one attached hydrogen (secondary N) is 1. The summed E-state index contributed by atoms with van der Waals surface area (Å²) in [6, 6.07) is 3.81. The summed E-state index contributed by atoms with van der Waals surface area (Å²) in [5.74, 6) is 1.08. The lowest BCUT2D eigenvalue weighted by Gasteiger charge is -2.10. The first-order valence-corrected chi connectivity index (χ1v) is 5.64. The summed E-state index contributed by atoms with van der Waals surface area (Å²) < 4.78 is 37.5. The molecule has 1 aliphatic rings. The van der Waals surface area contributed by atoms with Crippen LogP contribution in [-0.4, -0.2) is 11.5 Å². The number of halogens is 3. The molecule has 1 fully saturated rings. The monoisotopic (exact) mass is 255 g/mol. The van der Waals surface area contributed by atoms with E-state index >= 15 is 0 Å². The van der Waals surface area contributed by atoms with E-state index in [9.17, 15) is 13.2 Å². The Morgan fingerprint density at radius 2 is 2.17 bits per heavy atom. The lowest BCUT2D eigenvalue weighted by molar-refractivity contribution is -0.141. The Morgan fingerprint density at radius 3 is 2.67 bits per heavy atom. The maximum Gasteiger partial charge on any atom is 0.433 e. The quantitative estimate of drug-likeness (QED) is 0.903. The molecule has 1 aromatic rings. The van der Waals surface area contributed by atoms with Gasteiger partial charge in [-0.25, -0.2) is 4.98 Å². The van der Waals surface area contributed by atoms with E-state index in [0.717, 1.165) is 18.6 Å². The van der Waals surface area contributed by atoms with Gasteiger partial charge >= 0.3 is 6.18 Å². The van der Waals surface area contributed by atoms with Crippen molar-refractivity contribution in [3.05, 3.63) is 23.4 Å². The van der Waals surface area contributed by atoms with Gasteiger partial charge in [-0.05, 0) is 30.4 Å². The second-order valence-electron chi connectivity index (χ2n) is 4.56. The van der Waals surface area contributed by atoms with E-state index in [1.54, 1.807) is 0 Å². The maximum atomic E-state index is 12.5. The molecular weight excluding hydrogens is 243 g/mol. The number of anilines is 1. The fourth-order valence-corrected chi connectivity index (χ4v) is 1.75. The van der Waals surface area contributed by atoms with Crippen molar-refractivity contribution in [2.45, 2.75) is 19.5 Å². The van der Waals surface area contributed by atoms with Gasteiger partial charge in [-0.3, -0.25) is 0 Å². The SMILES string of the molecule is CC1CC1CNc1nc(C(F)(F)F)ccc1C#N. The van der Waals surface area contributed by atoms with Gasteiger partial charge in [0.1, 0.15) is 17.6 Å². The minimum atomic E-state index is -4.49. The van der Waals surface area contributed by atoms with E-state index in [2.05, 4.69) is 17.2 Å². The second-order valence-corrected chi connectivity index (χ2v) is 4.56. The Kier molecular flexibility index (Phi) is 3.16. The Balaban J connectivity index is 2.17. The van der Waals surface area contributed by atoms with Gasteiger partial charge in [-0.1, -0.05) is 6.92 Å². The molecule has 0 aromatic carbocycles. The molecule has 1 aliphatic carbocycles. The molecule has 1 N–H and O–H groups in total. The Hall–Kier alpha value is -1.77. The molecule has 0 aliphatic heterocycles. The molecule has 2 rings (SSSR count). The summed E-state index contributed by atoms with van der Waals surface area (Å²) >= 11 is 0. The molecule has 1 saturated carbocycles. The van der Waals surface area contributed by atoms with Gasteiger partial charge in [0.25, 0.3) is 0 Å². The Morgan fingerprint density at radius 1 is 1.50 bits per heavy atom. The molecule has 1 heterocycles. The number of pyridine rings is 1. The van der Waals surface area contributed by atoms with Gasteiger partial charge < -0.3 is 5.32 Å². The maximum absolute atomic E-state index is 12.5. The lowest BCUT2D eigenvalue weighted by Crippen LogP contribution is -2.13. The zero-order valence-electron chi connectivity index (χ0n) is 9.75. The summed E-state index contributed by atoms with van der Waals surface area (Å²) in [4.78, 5) is 3.48. The fourth-order valence-electron chi connectivity index (χ4n) is 1.75. The van der Waals surface area contributed by atoms with Crippen molar-refractivity contribution in [2.24, 2.45) is 11.8 Å². The molecular formula is C12H12F3N3. The molecule has 0 bridgehead atoms.